The molecule has 1 unspecified atom stereocenters. The third kappa shape index (κ3) is 3.08. The summed E-state index contributed by atoms with van der Waals surface area (Å²) in [6, 6.07) is 3.16. The second-order valence-electron chi connectivity index (χ2n) is 4.64. The topological polar surface area (TPSA) is 71.7 Å². The number of hydrogen-bond donors (Lipinski definition) is 2. The van der Waals surface area contributed by atoms with Gasteiger partial charge in [-0.1, -0.05) is 0 Å². The number of hydrogen-bond acceptors (Lipinski definition) is 4. The lowest BCUT2D eigenvalue weighted by Gasteiger charge is -2.34. The Bertz CT molecular complexity index is 393. The minimum atomic E-state index is -1.04. The second kappa shape index (κ2) is 4.89. The van der Waals surface area contributed by atoms with Crippen molar-refractivity contribution in [1.82, 2.24) is 5.32 Å². The van der Waals surface area contributed by atoms with Gasteiger partial charge in [0.05, 0.1) is 13.2 Å². The zero-order valence-corrected chi connectivity index (χ0v) is 9.86. The maximum atomic E-state index is 10.6. The Hall–Kier alpha value is -1.33. The van der Waals surface area contributed by atoms with Crippen LogP contribution in [0.4, 0.5) is 0 Å². The molecule has 0 spiro atoms. The molecule has 2 N–H and O–H groups in total. The van der Waals surface area contributed by atoms with E-state index in [2.05, 4.69) is 12.2 Å². The maximum absolute atomic E-state index is 10.6. The highest BCUT2D eigenvalue weighted by Gasteiger charge is 2.27. The van der Waals surface area contributed by atoms with Crippen molar-refractivity contribution in [1.29, 1.82) is 0 Å². The fourth-order valence-corrected chi connectivity index (χ4v) is 1.96. The van der Waals surface area contributed by atoms with Crippen molar-refractivity contribution in [3.8, 4) is 0 Å². The molecule has 1 fully saturated rings. The van der Waals surface area contributed by atoms with Gasteiger partial charge < -0.3 is 19.6 Å². The van der Waals surface area contributed by atoms with Crippen molar-refractivity contribution in [2.24, 2.45) is 0 Å². The molecule has 0 saturated carbocycles. The molecule has 2 heterocycles. The first-order valence-electron chi connectivity index (χ1n) is 5.74. The fourth-order valence-electron chi connectivity index (χ4n) is 1.96. The summed E-state index contributed by atoms with van der Waals surface area (Å²) in [6.07, 6.45) is 2.10. The number of ether oxygens (including phenoxy) is 1. The van der Waals surface area contributed by atoms with E-state index < -0.39 is 5.97 Å². The molecule has 5 heteroatoms. The van der Waals surface area contributed by atoms with Gasteiger partial charge in [-0.25, -0.2) is 4.79 Å². The number of carbonyl (C=O) groups is 1. The van der Waals surface area contributed by atoms with Crippen LogP contribution in [0.15, 0.2) is 16.5 Å². The van der Waals surface area contributed by atoms with Crippen LogP contribution in [-0.2, 0) is 11.3 Å². The van der Waals surface area contributed by atoms with Gasteiger partial charge in [0.2, 0.25) is 5.76 Å². The lowest BCUT2D eigenvalue weighted by molar-refractivity contribution is 0.0269. The van der Waals surface area contributed by atoms with Gasteiger partial charge in [0, 0.05) is 12.1 Å². The third-order valence-corrected chi connectivity index (χ3v) is 3.00. The predicted octanol–water partition coefficient (Wildman–Crippen LogP) is 1.64. The molecule has 5 nitrogen and oxygen atoms in total. The summed E-state index contributed by atoms with van der Waals surface area (Å²) in [5.41, 5.74) is -0.0472. The summed E-state index contributed by atoms with van der Waals surface area (Å²) < 4.78 is 10.6. The molecule has 1 saturated heterocycles. The van der Waals surface area contributed by atoms with E-state index in [1.807, 2.05) is 0 Å². The van der Waals surface area contributed by atoms with Crippen molar-refractivity contribution in [3.05, 3.63) is 23.7 Å². The number of nitrogens with one attached hydrogen (secondary N) is 1. The standard InChI is InChI=1S/C12H17NO4/c1-12(5-2-6-16-8-12)13-7-9-3-4-10(17-9)11(14)15/h3-4,13H,2,5-8H2,1H3,(H,14,15). The molecule has 94 valence electrons. The fraction of sp³-hybridized carbons (Fsp3) is 0.583. The van der Waals surface area contributed by atoms with Crippen molar-refractivity contribution in [2.45, 2.75) is 31.8 Å². The molecule has 0 amide bonds. The third-order valence-electron chi connectivity index (χ3n) is 3.00. The zero-order valence-electron chi connectivity index (χ0n) is 9.86. The molecule has 0 radical (unpaired) electrons. The highest BCUT2D eigenvalue weighted by Crippen LogP contribution is 2.19. The van der Waals surface area contributed by atoms with Crippen LogP contribution < -0.4 is 5.32 Å². The van der Waals surface area contributed by atoms with E-state index in [0.717, 1.165) is 19.4 Å². The normalized spacial score (nSPS) is 24.8. The van der Waals surface area contributed by atoms with Crippen LogP contribution in [0.25, 0.3) is 0 Å². The first kappa shape index (κ1) is 12.1. The summed E-state index contributed by atoms with van der Waals surface area (Å²) in [4.78, 5) is 10.6. The molecule has 1 aliphatic rings. The summed E-state index contributed by atoms with van der Waals surface area (Å²) in [7, 11) is 0. The number of furan rings is 1. The van der Waals surface area contributed by atoms with Gasteiger partial charge in [0.15, 0.2) is 0 Å². The molecule has 1 aromatic heterocycles. The molecule has 17 heavy (non-hydrogen) atoms. The van der Waals surface area contributed by atoms with Gasteiger partial charge in [-0.3, -0.25) is 0 Å². The highest BCUT2D eigenvalue weighted by atomic mass is 16.5. The van der Waals surface area contributed by atoms with Crippen molar-refractivity contribution < 1.29 is 19.1 Å². The number of rotatable bonds is 4. The molecular formula is C12H17NO4. The molecule has 0 bridgehead atoms. The van der Waals surface area contributed by atoms with E-state index in [1.54, 1.807) is 6.07 Å². The molecule has 1 atom stereocenters. The Morgan fingerprint density at radius 2 is 2.41 bits per heavy atom. The van der Waals surface area contributed by atoms with Crippen molar-refractivity contribution >= 4 is 5.97 Å². The first-order valence-corrected chi connectivity index (χ1v) is 5.74. The van der Waals surface area contributed by atoms with Crippen LogP contribution in [-0.4, -0.2) is 29.8 Å². The smallest absolute Gasteiger partial charge is 0.371 e. The van der Waals surface area contributed by atoms with E-state index in [1.165, 1.54) is 6.07 Å². The first-order chi connectivity index (χ1) is 8.09. The summed E-state index contributed by atoms with van der Waals surface area (Å²) >= 11 is 0. The van der Waals surface area contributed by atoms with Crippen LogP contribution in [0, 0.1) is 0 Å². The van der Waals surface area contributed by atoms with Gasteiger partial charge in [0.1, 0.15) is 5.76 Å². The predicted molar refractivity (Wildman–Crippen MR) is 61.0 cm³/mol. The Kier molecular flexibility index (Phi) is 3.49. The number of aromatic carboxylic acids is 1. The average Bonchev–Trinajstić information content (AvgIpc) is 2.76. The van der Waals surface area contributed by atoms with Crippen molar-refractivity contribution in [2.75, 3.05) is 13.2 Å². The molecule has 1 aromatic rings. The Balaban J connectivity index is 1.90. The Morgan fingerprint density at radius 1 is 1.59 bits per heavy atom. The van der Waals surface area contributed by atoms with Crippen LogP contribution >= 0.6 is 0 Å². The summed E-state index contributed by atoms with van der Waals surface area (Å²) in [5.74, 6) is -0.426. The second-order valence-corrected chi connectivity index (χ2v) is 4.64. The van der Waals surface area contributed by atoms with Gasteiger partial charge in [-0.15, -0.1) is 0 Å². The minimum Gasteiger partial charge on any atom is -0.475 e. The summed E-state index contributed by atoms with van der Waals surface area (Å²) in [5, 5.41) is 12.1. The molecule has 0 aliphatic carbocycles. The lowest BCUT2D eigenvalue weighted by Crippen LogP contribution is -2.48. The van der Waals surface area contributed by atoms with Crippen LogP contribution in [0.2, 0.25) is 0 Å². The van der Waals surface area contributed by atoms with Gasteiger partial charge in [-0.05, 0) is 31.9 Å². The van der Waals surface area contributed by atoms with Gasteiger partial charge in [0.25, 0.3) is 0 Å². The van der Waals surface area contributed by atoms with Crippen LogP contribution in [0.1, 0.15) is 36.1 Å². The maximum Gasteiger partial charge on any atom is 0.371 e. The zero-order chi connectivity index (χ0) is 12.3. The van der Waals surface area contributed by atoms with Gasteiger partial charge in [-0.2, -0.15) is 0 Å². The van der Waals surface area contributed by atoms with Crippen LogP contribution in [0.3, 0.4) is 0 Å². The number of carboxylic acids is 1. The average molecular weight is 239 g/mol. The molecule has 0 aromatic carbocycles. The Morgan fingerprint density at radius 3 is 3.00 bits per heavy atom. The summed E-state index contributed by atoms with van der Waals surface area (Å²) in [6.45, 7) is 4.13. The quantitative estimate of drug-likeness (QED) is 0.835. The lowest BCUT2D eigenvalue weighted by atomic mass is 9.95. The SMILES string of the molecule is CC1(NCc2ccc(C(=O)O)o2)CCCOC1. The van der Waals surface area contributed by atoms with E-state index in [-0.39, 0.29) is 11.3 Å². The number of carboxylic acid groups (broad SMARTS) is 1. The van der Waals surface area contributed by atoms with E-state index in [9.17, 15) is 4.79 Å². The largest absolute Gasteiger partial charge is 0.475 e. The van der Waals surface area contributed by atoms with Crippen molar-refractivity contribution in [3.63, 3.8) is 0 Å². The minimum absolute atomic E-state index is 0.0214. The Labute approximate surface area is 99.8 Å². The van der Waals surface area contributed by atoms with E-state index in [0.29, 0.717) is 18.9 Å². The van der Waals surface area contributed by atoms with Gasteiger partial charge >= 0.3 is 5.97 Å². The monoisotopic (exact) mass is 239 g/mol. The molecular weight excluding hydrogens is 222 g/mol. The van der Waals surface area contributed by atoms with E-state index >= 15 is 0 Å². The van der Waals surface area contributed by atoms with E-state index in [4.69, 9.17) is 14.3 Å². The molecule has 2 rings (SSSR count). The van der Waals surface area contributed by atoms with Crippen LogP contribution in [0.5, 0.6) is 0 Å². The molecule has 1 aliphatic heterocycles. The highest BCUT2D eigenvalue weighted by molar-refractivity contribution is 5.84.